The molecule has 4 nitrogen and oxygen atoms in total. The number of rotatable bonds is 3. The van der Waals surface area contributed by atoms with Crippen LogP contribution >= 0.6 is 11.6 Å². The van der Waals surface area contributed by atoms with E-state index in [2.05, 4.69) is 0 Å². The number of halogens is 2. The van der Waals surface area contributed by atoms with Crippen LogP contribution < -0.4 is 0 Å². The average molecular weight is 265 g/mol. The first-order chi connectivity index (χ1) is 7.84. The van der Waals surface area contributed by atoms with Crippen molar-refractivity contribution in [2.45, 2.75) is 31.9 Å². The van der Waals surface area contributed by atoms with Gasteiger partial charge < -0.3 is 9.80 Å². The lowest BCUT2D eigenvalue weighted by atomic mass is 10.1. The van der Waals surface area contributed by atoms with Crippen LogP contribution in [0.15, 0.2) is 0 Å². The summed E-state index contributed by atoms with van der Waals surface area (Å²) in [5.41, 5.74) is -2.01. The molecule has 0 bridgehead atoms. The third-order valence-electron chi connectivity index (χ3n) is 3.16. The third kappa shape index (κ3) is 3.31. The van der Waals surface area contributed by atoms with Gasteiger partial charge in [-0.3, -0.25) is 9.59 Å². The van der Waals surface area contributed by atoms with Gasteiger partial charge in [0, 0.05) is 26.2 Å². The van der Waals surface area contributed by atoms with Gasteiger partial charge in [-0.25, -0.2) is 4.39 Å². The fraction of sp³-hybridized carbons (Fsp3) is 0.818. The molecule has 2 amide bonds. The molecule has 1 heterocycles. The third-order valence-corrected chi connectivity index (χ3v) is 3.34. The lowest BCUT2D eigenvalue weighted by Gasteiger charge is -2.25. The van der Waals surface area contributed by atoms with Crippen molar-refractivity contribution >= 4 is 23.4 Å². The van der Waals surface area contributed by atoms with E-state index in [1.165, 1.54) is 4.90 Å². The maximum atomic E-state index is 12.6. The van der Waals surface area contributed by atoms with Crippen LogP contribution in [0.5, 0.6) is 0 Å². The van der Waals surface area contributed by atoms with Crippen LogP contribution in [0, 0.1) is 5.92 Å². The Morgan fingerprint density at radius 1 is 1.47 bits per heavy atom. The van der Waals surface area contributed by atoms with E-state index in [0.717, 1.165) is 0 Å². The Labute approximate surface area is 106 Å². The first kappa shape index (κ1) is 14.2. The second-order valence-electron chi connectivity index (χ2n) is 4.61. The summed E-state index contributed by atoms with van der Waals surface area (Å²) >= 11 is 5.10. The quantitative estimate of drug-likeness (QED) is 0.720. The van der Waals surface area contributed by atoms with Crippen LogP contribution in [0.25, 0.3) is 0 Å². The molecule has 17 heavy (non-hydrogen) atoms. The predicted molar refractivity (Wildman–Crippen MR) is 63.3 cm³/mol. The van der Waals surface area contributed by atoms with E-state index >= 15 is 0 Å². The van der Waals surface area contributed by atoms with Crippen LogP contribution in [0.3, 0.4) is 0 Å². The van der Waals surface area contributed by atoms with Crippen molar-refractivity contribution in [1.82, 2.24) is 9.80 Å². The van der Waals surface area contributed by atoms with Gasteiger partial charge in [-0.2, -0.15) is 0 Å². The Morgan fingerprint density at radius 2 is 2.06 bits per heavy atom. The minimum Gasteiger partial charge on any atom is -0.343 e. The summed E-state index contributed by atoms with van der Waals surface area (Å²) in [6, 6.07) is 0.120. The largest absolute Gasteiger partial charge is 0.343 e. The number of hydrogen-bond acceptors (Lipinski definition) is 2. The van der Waals surface area contributed by atoms with Crippen LogP contribution in [0.4, 0.5) is 4.39 Å². The number of amides is 2. The SMILES string of the molecule is CC(C)N(C)C(=O)[C@H]1CCN(C(=O)[C@H](F)Cl)C1. The number of alkyl halides is 2. The molecule has 1 saturated heterocycles. The van der Waals surface area contributed by atoms with Crippen molar-refractivity contribution in [1.29, 1.82) is 0 Å². The highest BCUT2D eigenvalue weighted by Crippen LogP contribution is 2.21. The number of likely N-dealkylation sites (tertiary alicyclic amines) is 1. The number of carbonyl (C=O) groups is 2. The molecule has 1 rings (SSSR count). The van der Waals surface area contributed by atoms with Gasteiger partial charge in [-0.15, -0.1) is 0 Å². The molecule has 1 aliphatic rings. The average Bonchev–Trinajstić information content (AvgIpc) is 2.74. The first-order valence-electron chi connectivity index (χ1n) is 5.68. The minimum absolute atomic E-state index is 0.000260. The number of hydrogen-bond donors (Lipinski definition) is 0. The summed E-state index contributed by atoms with van der Waals surface area (Å²) in [5.74, 6) is -0.976. The van der Waals surface area contributed by atoms with Gasteiger partial charge in [0.2, 0.25) is 5.91 Å². The maximum absolute atomic E-state index is 12.6. The van der Waals surface area contributed by atoms with Gasteiger partial charge in [-0.05, 0) is 20.3 Å². The Hall–Kier alpha value is -0.840. The van der Waals surface area contributed by atoms with Crippen LogP contribution in [-0.2, 0) is 9.59 Å². The highest BCUT2D eigenvalue weighted by Gasteiger charge is 2.35. The van der Waals surface area contributed by atoms with Crippen molar-refractivity contribution in [3.8, 4) is 0 Å². The Morgan fingerprint density at radius 3 is 2.53 bits per heavy atom. The molecular weight excluding hydrogens is 247 g/mol. The summed E-state index contributed by atoms with van der Waals surface area (Å²) in [6.07, 6.45) is 0.575. The summed E-state index contributed by atoms with van der Waals surface area (Å²) in [4.78, 5) is 26.3. The van der Waals surface area contributed by atoms with Crippen LogP contribution in [0.2, 0.25) is 0 Å². The fourth-order valence-electron chi connectivity index (χ4n) is 1.84. The Bertz CT molecular complexity index is 310. The van der Waals surface area contributed by atoms with Gasteiger partial charge in [0.25, 0.3) is 11.5 Å². The highest BCUT2D eigenvalue weighted by atomic mass is 35.5. The van der Waals surface area contributed by atoms with E-state index in [1.54, 1.807) is 11.9 Å². The zero-order valence-corrected chi connectivity index (χ0v) is 11.1. The summed E-state index contributed by atoms with van der Waals surface area (Å²) in [6.45, 7) is 4.51. The lowest BCUT2D eigenvalue weighted by Crippen LogP contribution is -2.40. The van der Waals surface area contributed by atoms with E-state index in [9.17, 15) is 14.0 Å². The summed E-state index contributed by atoms with van der Waals surface area (Å²) < 4.78 is 12.6. The molecule has 0 saturated carbocycles. The predicted octanol–water partition coefficient (Wildman–Crippen LogP) is 1.24. The maximum Gasteiger partial charge on any atom is 0.272 e. The monoisotopic (exact) mass is 264 g/mol. The number of nitrogens with zero attached hydrogens (tertiary/aromatic N) is 2. The lowest BCUT2D eigenvalue weighted by molar-refractivity contribution is -0.136. The van der Waals surface area contributed by atoms with Crippen molar-refractivity contribution in [3.05, 3.63) is 0 Å². The summed E-state index contributed by atoms with van der Waals surface area (Å²) in [5, 5.41) is 0. The zero-order valence-electron chi connectivity index (χ0n) is 10.3. The molecule has 0 N–H and O–H groups in total. The van der Waals surface area contributed by atoms with E-state index in [0.29, 0.717) is 13.0 Å². The van der Waals surface area contributed by atoms with E-state index in [1.807, 2.05) is 13.8 Å². The van der Waals surface area contributed by atoms with Crippen molar-refractivity contribution in [2.75, 3.05) is 20.1 Å². The molecule has 98 valence electrons. The molecule has 0 unspecified atom stereocenters. The molecule has 0 spiro atoms. The molecule has 1 fully saturated rings. The van der Waals surface area contributed by atoms with E-state index < -0.39 is 11.5 Å². The Kier molecular flexibility index (Phi) is 4.74. The van der Waals surface area contributed by atoms with Gasteiger partial charge in [0.1, 0.15) is 0 Å². The molecule has 2 atom stereocenters. The van der Waals surface area contributed by atoms with Crippen molar-refractivity contribution in [3.63, 3.8) is 0 Å². The standard InChI is InChI=1S/C11H18ClFN2O2/c1-7(2)14(3)10(16)8-4-5-15(6-8)11(17)9(12)13/h7-9H,4-6H2,1-3H3/t8-,9-/m0/s1. The molecular formula is C11H18ClFN2O2. The topological polar surface area (TPSA) is 40.6 Å². The van der Waals surface area contributed by atoms with Crippen molar-refractivity contribution < 1.29 is 14.0 Å². The first-order valence-corrected chi connectivity index (χ1v) is 6.11. The molecule has 1 aliphatic heterocycles. The second kappa shape index (κ2) is 5.67. The molecule has 6 heteroatoms. The second-order valence-corrected chi connectivity index (χ2v) is 5.00. The molecule has 0 aromatic heterocycles. The van der Waals surface area contributed by atoms with Gasteiger partial charge in [0.15, 0.2) is 0 Å². The zero-order chi connectivity index (χ0) is 13.2. The fourth-order valence-corrected chi connectivity index (χ4v) is 1.98. The normalized spacial score (nSPS) is 21.8. The van der Waals surface area contributed by atoms with Crippen LogP contribution in [-0.4, -0.2) is 53.4 Å². The van der Waals surface area contributed by atoms with Gasteiger partial charge >= 0.3 is 0 Å². The van der Waals surface area contributed by atoms with Gasteiger partial charge in [-0.1, -0.05) is 11.6 Å². The smallest absolute Gasteiger partial charge is 0.272 e. The van der Waals surface area contributed by atoms with Crippen LogP contribution in [0.1, 0.15) is 20.3 Å². The van der Waals surface area contributed by atoms with Crippen molar-refractivity contribution in [2.24, 2.45) is 5.92 Å². The van der Waals surface area contributed by atoms with Gasteiger partial charge in [0.05, 0.1) is 5.92 Å². The minimum atomic E-state index is -2.01. The summed E-state index contributed by atoms with van der Waals surface area (Å²) in [7, 11) is 1.73. The van der Waals surface area contributed by atoms with E-state index in [-0.39, 0.29) is 24.4 Å². The molecule has 0 aromatic rings. The highest BCUT2D eigenvalue weighted by molar-refractivity contribution is 6.29. The van der Waals surface area contributed by atoms with E-state index in [4.69, 9.17) is 11.6 Å². The molecule has 0 radical (unpaired) electrons. The molecule has 0 aliphatic carbocycles. The number of carbonyl (C=O) groups excluding carboxylic acids is 2. The molecule has 0 aromatic carbocycles. The Balaban J connectivity index is 2.56.